The van der Waals surface area contributed by atoms with Crippen molar-refractivity contribution in [1.29, 1.82) is 0 Å². The van der Waals surface area contributed by atoms with Crippen LogP contribution in [-0.2, 0) is 64.6 Å². The van der Waals surface area contributed by atoms with E-state index in [1.807, 2.05) is 103 Å². The molecule has 1 unspecified atom stereocenters. The van der Waals surface area contributed by atoms with Gasteiger partial charge in [0.1, 0.15) is 71.7 Å². The van der Waals surface area contributed by atoms with E-state index in [0.29, 0.717) is 48.1 Å². The van der Waals surface area contributed by atoms with E-state index in [1.165, 1.54) is 24.3 Å². The third-order valence-corrected chi connectivity index (χ3v) is 11.2. The topological polar surface area (TPSA) is 238 Å². The summed E-state index contributed by atoms with van der Waals surface area (Å²) in [5.74, 6) is -2.43. The van der Waals surface area contributed by atoms with Gasteiger partial charge in [0, 0.05) is 14.2 Å². The Bertz CT molecular complexity index is 2550. The summed E-state index contributed by atoms with van der Waals surface area (Å²) in [5.41, 5.74) is 17.2. The molecular weight excluding hydrogens is 837 g/mol. The van der Waals surface area contributed by atoms with Gasteiger partial charge in [0.15, 0.2) is 11.6 Å². The Hall–Kier alpha value is -5.90. The lowest BCUT2D eigenvalue weighted by Gasteiger charge is -2.33. The molecule has 0 bridgehead atoms. The smallest absolute Gasteiger partial charge is 0.242 e. The van der Waals surface area contributed by atoms with Crippen molar-refractivity contribution in [1.82, 2.24) is 29.2 Å². The SMILES string of the molecule is C.C.COC1(c2ccc3c(N)ncnn23)O[C@H](COCc2ccccc2)[C@@H](OCc2ccccc2)[C@H]1OCc1ccccc1.CO[C@@]1(c2ccc3c(N)ncnn23)O[C@H](CO)[C@@H](O)[C@H]1O. The molecule has 7 N–H and O–H groups in total. The second kappa shape index (κ2) is 21.4. The van der Waals surface area contributed by atoms with Crippen LogP contribution in [0.4, 0.5) is 11.6 Å². The normalized spacial score (nSPS) is 24.9. The molecule has 0 amide bonds. The van der Waals surface area contributed by atoms with Crippen LogP contribution in [0.3, 0.4) is 0 Å². The van der Waals surface area contributed by atoms with Crippen molar-refractivity contribution in [2.75, 3.05) is 38.9 Å². The maximum absolute atomic E-state index is 10.3. The molecule has 9 rings (SSSR count). The second-order valence-corrected chi connectivity index (χ2v) is 15.0. The molecule has 2 aliphatic heterocycles. The highest BCUT2D eigenvalue weighted by molar-refractivity contribution is 5.66. The summed E-state index contributed by atoms with van der Waals surface area (Å²) in [5, 5.41) is 38.0. The van der Waals surface area contributed by atoms with Gasteiger partial charge >= 0.3 is 0 Å². The predicted octanol–water partition coefficient (Wildman–Crippen LogP) is 4.39. The standard InChI is InChI=1S/C33H34N4O5.C12H16N4O5.2CH4/c1-38-33(29-18-17-27-32(34)35-23-36-37(27)29)31(41-21-26-15-9-4-10-16-26)30(40-20-25-13-7-3-8-14-25)28(42-33)22-39-19-24-11-5-2-6-12-24;1-20-12(10(19)9(18)7(4-17)21-12)8-3-2-6-11(13)14-5-15-16(6)8;;/h2-18,23,28,30-31H,19-22H2,1H3,(H2,34,35,36);2-3,5,7,9-10,17-19H,4H2,1H3,(H2,13,14,15);2*1H4/t28-,30-,31-,33?;7-,9-,10-,12+;;/m11../s1. The average Bonchev–Trinajstić information content (AvgIpc) is 4.09. The van der Waals surface area contributed by atoms with Crippen LogP contribution in [0.5, 0.6) is 0 Å². The van der Waals surface area contributed by atoms with E-state index in [2.05, 4.69) is 20.2 Å². The molecule has 2 saturated heterocycles. The maximum atomic E-state index is 10.3. The zero-order valence-electron chi connectivity index (χ0n) is 34.7. The van der Waals surface area contributed by atoms with Crippen LogP contribution in [-0.4, -0.2) is 109 Å². The van der Waals surface area contributed by atoms with Crippen LogP contribution < -0.4 is 11.5 Å². The molecule has 6 heterocycles. The molecule has 0 radical (unpaired) electrons. The molecule has 0 spiro atoms. The molecule has 65 heavy (non-hydrogen) atoms. The number of hydrogen-bond acceptors (Lipinski definition) is 16. The molecular formula is C47H58N8O10. The number of nitrogens with zero attached hydrogens (tertiary/aromatic N) is 6. The van der Waals surface area contributed by atoms with E-state index < -0.39 is 54.8 Å². The summed E-state index contributed by atoms with van der Waals surface area (Å²) in [7, 11) is 2.93. The minimum Gasteiger partial charge on any atom is -0.394 e. The number of aliphatic hydroxyl groups is 3. The molecule has 346 valence electrons. The first-order chi connectivity index (χ1) is 30.7. The Morgan fingerprint density at radius 2 is 1.08 bits per heavy atom. The van der Waals surface area contributed by atoms with Gasteiger partial charge < -0.3 is 59.9 Å². The number of ether oxygens (including phenoxy) is 7. The van der Waals surface area contributed by atoms with E-state index in [4.69, 9.17) is 44.6 Å². The number of aliphatic hydroxyl groups excluding tert-OH is 3. The summed E-state index contributed by atoms with van der Waals surface area (Å²) in [6.45, 7) is 0.913. The summed E-state index contributed by atoms with van der Waals surface area (Å²) >= 11 is 0. The number of nitrogens with two attached hydrogens (primary N) is 2. The van der Waals surface area contributed by atoms with Crippen molar-refractivity contribution >= 4 is 22.7 Å². The highest BCUT2D eigenvalue weighted by atomic mass is 16.8. The van der Waals surface area contributed by atoms with Crippen molar-refractivity contribution in [2.45, 2.75) is 82.9 Å². The number of benzene rings is 3. The summed E-state index contributed by atoms with van der Waals surface area (Å²) in [6.07, 6.45) is -2.74. The first-order valence-electron chi connectivity index (χ1n) is 20.3. The molecule has 0 saturated carbocycles. The van der Waals surface area contributed by atoms with Crippen LogP contribution in [0.1, 0.15) is 42.9 Å². The van der Waals surface area contributed by atoms with Gasteiger partial charge in [-0.1, -0.05) is 106 Å². The van der Waals surface area contributed by atoms with Gasteiger partial charge in [0.25, 0.3) is 0 Å². The number of rotatable bonds is 15. The number of nitrogen functional groups attached to an aromatic ring is 2. The van der Waals surface area contributed by atoms with Gasteiger partial charge in [0.2, 0.25) is 11.6 Å². The van der Waals surface area contributed by atoms with E-state index >= 15 is 0 Å². The third kappa shape index (κ3) is 9.59. The van der Waals surface area contributed by atoms with E-state index in [-0.39, 0.29) is 27.3 Å². The Kier molecular flexibility index (Phi) is 16.0. The predicted molar refractivity (Wildman–Crippen MR) is 241 cm³/mol. The fourth-order valence-corrected chi connectivity index (χ4v) is 8.02. The minimum absolute atomic E-state index is 0. The van der Waals surface area contributed by atoms with Crippen LogP contribution in [0, 0.1) is 0 Å². The number of methoxy groups -OCH3 is 2. The molecule has 18 nitrogen and oxygen atoms in total. The van der Waals surface area contributed by atoms with Crippen LogP contribution in [0.2, 0.25) is 0 Å². The largest absolute Gasteiger partial charge is 0.394 e. The number of fused-ring (bicyclic) bond motifs is 2. The van der Waals surface area contributed by atoms with E-state index in [0.717, 1.165) is 16.7 Å². The van der Waals surface area contributed by atoms with Crippen molar-refractivity contribution in [2.24, 2.45) is 0 Å². The number of anilines is 2. The van der Waals surface area contributed by atoms with Crippen molar-refractivity contribution in [3.05, 3.63) is 156 Å². The molecule has 18 heteroatoms. The lowest BCUT2D eigenvalue weighted by Crippen LogP contribution is -2.46. The maximum Gasteiger partial charge on any atom is 0.242 e. The zero-order valence-corrected chi connectivity index (χ0v) is 34.7. The Balaban J connectivity index is 0.000000257. The Labute approximate surface area is 377 Å². The van der Waals surface area contributed by atoms with Gasteiger partial charge in [-0.2, -0.15) is 10.2 Å². The Morgan fingerprint density at radius 1 is 0.615 bits per heavy atom. The van der Waals surface area contributed by atoms with Crippen molar-refractivity contribution in [3.8, 4) is 0 Å². The summed E-state index contributed by atoms with van der Waals surface area (Å²) < 4.78 is 46.6. The lowest BCUT2D eigenvalue weighted by atomic mass is 10.0. The zero-order chi connectivity index (χ0) is 44.0. The minimum atomic E-state index is -1.65. The van der Waals surface area contributed by atoms with Gasteiger partial charge in [-0.05, 0) is 41.0 Å². The highest BCUT2D eigenvalue weighted by Gasteiger charge is 2.60. The molecule has 2 fully saturated rings. The molecule has 7 aromatic rings. The first kappa shape index (κ1) is 48.6. The third-order valence-electron chi connectivity index (χ3n) is 11.2. The van der Waals surface area contributed by atoms with Gasteiger partial charge in [-0.25, -0.2) is 19.0 Å². The fourth-order valence-electron chi connectivity index (χ4n) is 8.02. The number of aromatic nitrogens is 6. The van der Waals surface area contributed by atoms with Crippen LogP contribution >= 0.6 is 0 Å². The van der Waals surface area contributed by atoms with Gasteiger partial charge in [0.05, 0.1) is 33.0 Å². The fraction of sp³-hybridized carbons (Fsp3) is 0.362. The molecule has 3 aromatic carbocycles. The second-order valence-electron chi connectivity index (χ2n) is 15.0. The van der Waals surface area contributed by atoms with Crippen LogP contribution in [0.25, 0.3) is 11.0 Å². The molecule has 8 atom stereocenters. The molecule has 4 aromatic heterocycles. The van der Waals surface area contributed by atoms with E-state index in [9.17, 15) is 15.3 Å². The van der Waals surface area contributed by atoms with Crippen molar-refractivity contribution < 1.29 is 48.5 Å². The molecule has 0 aliphatic carbocycles. The Morgan fingerprint density at radius 3 is 1.55 bits per heavy atom. The van der Waals surface area contributed by atoms with Crippen molar-refractivity contribution in [3.63, 3.8) is 0 Å². The van der Waals surface area contributed by atoms with Gasteiger partial charge in [-0.3, -0.25) is 0 Å². The number of hydrogen-bond donors (Lipinski definition) is 5. The summed E-state index contributed by atoms with van der Waals surface area (Å²) in [6, 6.07) is 37.0. The van der Waals surface area contributed by atoms with E-state index in [1.54, 1.807) is 23.8 Å². The first-order valence-corrected chi connectivity index (χ1v) is 20.3. The van der Waals surface area contributed by atoms with Crippen LogP contribution in [0.15, 0.2) is 128 Å². The molecule has 2 aliphatic rings. The quantitative estimate of drug-likeness (QED) is 0.0959. The monoisotopic (exact) mass is 894 g/mol. The summed E-state index contributed by atoms with van der Waals surface area (Å²) in [4.78, 5) is 8.01. The van der Waals surface area contributed by atoms with Gasteiger partial charge in [-0.15, -0.1) is 0 Å². The average molecular weight is 895 g/mol. The lowest BCUT2D eigenvalue weighted by molar-refractivity contribution is -0.271. The highest BCUT2D eigenvalue weighted by Crippen LogP contribution is 2.45.